The molecule has 1 aromatic heterocycles. The number of benzene rings is 3. The standard InChI is InChI=1S/C30H30F3N7O/c31-30(32,33)25-18-37-29(40-28(25)39-26-9-2-1-8-24(26)27(34)41)38-22-12-10-19(11-13-22)16-36-23-7-3-5-20(15-23)21-6-4-14-35-17-21/h1-3,5,7-13,15,18,21,35-36H,4,6,14,16-17H2,(H2,34,41)(H2,37,38,39,40). The third kappa shape index (κ3) is 7.12. The molecule has 8 nitrogen and oxygen atoms in total. The van der Waals surface area contributed by atoms with Crippen LogP contribution in [0.4, 0.5) is 42.0 Å². The van der Waals surface area contributed by atoms with Gasteiger partial charge in [-0.05, 0) is 72.8 Å². The van der Waals surface area contributed by atoms with Crippen molar-refractivity contribution < 1.29 is 18.0 Å². The fourth-order valence-electron chi connectivity index (χ4n) is 4.76. The highest BCUT2D eigenvalue weighted by Gasteiger charge is 2.35. The molecule has 1 aliphatic heterocycles. The number of alkyl halides is 3. The number of primary amides is 1. The molecule has 3 aromatic carbocycles. The summed E-state index contributed by atoms with van der Waals surface area (Å²) in [6.07, 6.45) is -1.66. The molecule has 4 aromatic rings. The Morgan fingerprint density at radius 2 is 1.80 bits per heavy atom. The van der Waals surface area contributed by atoms with E-state index in [1.165, 1.54) is 30.5 Å². The molecule has 1 aliphatic rings. The lowest BCUT2D eigenvalue weighted by Gasteiger charge is -2.23. The third-order valence-corrected chi connectivity index (χ3v) is 6.90. The van der Waals surface area contributed by atoms with Gasteiger partial charge in [0.2, 0.25) is 5.95 Å². The van der Waals surface area contributed by atoms with Crippen molar-refractivity contribution in [2.75, 3.05) is 29.0 Å². The number of carbonyl (C=O) groups is 1. The monoisotopic (exact) mass is 561 g/mol. The quantitative estimate of drug-likeness (QED) is 0.166. The lowest BCUT2D eigenvalue weighted by Crippen LogP contribution is -2.28. The number of nitrogens with two attached hydrogens (primary N) is 1. The highest BCUT2D eigenvalue weighted by atomic mass is 19.4. The summed E-state index contributed by atoms with van der Waals surface area (Å²) in [4.78, 5) is 19.7. The van der Waals surface area contributed by atoms with Gasteiger partial charge >= 0.3 is 6.18 Å². The maximum atomic E-state index is 13.7. The van der Waals surface area contributed by atoms with Gasteiger partial charge < -0.3 is 27.0 Å². The molecule has 0 spiro atoms. The Kier molecular flexibility index (Phi) is 8.34. The van der Waals surface area contributed by atoms with Gasteiger partial charge in [0.15, 0.2) is 0 Å². The van der Waals surface area contributed by atoms with Crippen LogP contribution in [0.1, 0.15) is 45.8 Å². The van der Waals surface area contributed by atoms with Gasteiger partial charge in [0, 0.05) is 30.7 Å². The molecule has 1 saturated heterocycles. The second-order valence-corrected chi connectivity index (χ2v) is 9.83. The van der Waals surface area contributed by atoms with Crippen molar-refractivity contribution in [2.24, 2.45) is 5.73 Å². The van der Waals surface area contributed by atoms with E-state index in [9.17, 15) is 18.0 Å². The number of hydrogen-bond donors (Lipinski definition) is 5. The Bertz CT molecular complexity index is 1500. The van der Waals surface area contributed by atoms with Crippen molar-refractivity contribution in [2.45, 2.75) is 31.5 Å². The zero-order valence-electron chi connectivity index (χ0n) is 22.1. The highest BCUT2D eigenvalue weighted by Crippen LogP contribution is 2.36. The Labute approximate surface area is 235 Å². The average Bonchev–Trinajstić information content (AvgIpc) is 2.97. The lowest BCUT2D eigenvalue weighted by molar-refractivity contribution is -0.137. The SMILES string of the molecule is NC(=O)c1ccccc1Nc1nc(Nc2ccc(CNc3cccc(C4CCCNC4)c3)cc2)ncc1C(F)(F)F. The number of nitrogens with zero attached hydrogens (tertiary/aromatic N) is 2. The van der Waals surface area contributed by atoms with Crippen molar-refractivity contribution in [3.8, 4) is 0 Å². The van der Waals surface area contributed by atoms with E-state index in [0.29, 0.717) is 24.3 Å². The fraction of sp³-hybridized carbons (Fsp3) is 0.233. The largest absolute Gasteiger partial charge is 0.421 e. The average molecular weight is 562 g/mol. The van der Waals surface area contributed by atoms with Gasteiger partial charge in [0.05, 0.1) is 11.3 Å². The molecule has 2 heterocycles. The van der Waals surface area contributed by atoms with Gasteiger partial charge in [-0.1, -0.05) is 36.4 Å². The van der Waals surface area contributed by atoms with Crippen LogP contribution in [0.5, 0.6) is 0 Å². The zero-order valence-corrected chi connectivity index (χ0v) is 22.1. The molecule has 1 atom stereocenters. The second kappa shape index (κ2) is 12.3. The minimum absolute atomic E-state index is 0.0377. The topological polar surface area (TPSA) is 117 Å². The first-order valence-corrected chi connectivity index (χ1v) is 13.3. The summed E-state index contributed by atoms with van der Waals surface area (Å²) in [7, 11) is 0. The van der Waals surface area contributed by atoms with Crippen LogP contribution in [0.2, 0.25) is 0 Å². The molecule has 0 radical (unpaired) electrons. The zero-order chi connectivity index (χ0) is 28.8. The first-order chi connectivity index (χ1) is 19.8. The van der Waals surface area contributed by atoms with E-state index in [-0.39, 0.29) is 17.2 Å². The van der Waals surface area contributed by atoms with Crippen LogP contribution in [0.3, 0.4) is 0 Å². The molecule has 41 heavy (non-hydrogen) atoms. The number of piperidine rings is 1. The van der Waals surface area contributed by atoms with Gasteiger partial charge in [-0.3, -0.25) is 4.79 Å². The molecule has 1 fully saturated rings. The molecule has 5 rings (SSSR count). The normalized spacial score (nSPS) is 15.2. The van der Waals surface area contributed by atoms with Gasteiger partial charge in [0.1, 0.15) is 11.4 Å². The van der Waals surface area contributed by atoms with E-state index in [4.69, 9.17) is 5.73 Å². The van der Waals surface area contributed by atoms with Crippen LogP contribution in [0, 0.1) is 0 Å². The van der Waals surface area contributed by atoms with E-state index >= 15 is 0 Å². The molecule has 0 saturated carbocycles. The summed E-state index contributed by atoms with van der Waals surface area (Å²) in [6, 6.07) is 21.9. The number of nitrogens with one attached hydrogen (secondary N) is 4. The van der Waals surface area contributed by atoms with E-state index in [1.54, 1.807) is 24.3 Å². The number of aromatic nitrogens is 2. The number of halogens is 3. The number of anilines is 5. The molecular weight excluding hydrogens is 531 g/mol. The molecule has 11 heteroatoms. The van der Waals surface area contributed by atoms with Crippen LogP contribution >= 0.6 is 0 Å². The molecule has 6 N–H and O–H groups in total. The maximum absolute atomic E-state index is 13.7. The minimum atomic E-state index is -4.72. The van der Waals surface area contributed by atoms with Crippen molar-refractivity contribution in [1.82, 2.24) is 15.3 Å². The van der Waals surface area contributed by atoms with E-state index in [2.05, 4.69) is 49.4 Å². The van der Waals surface area contributed by atoms with Gasteiger partial charge in [-0.25, -0.2) is 4.98 Å². The third-order valence-electron chi connectivity index (χ3n) is 6.90. The summed E-state index contributed by atoms with van der Waals surface area (Å²) in [5.41, 5.74) is 8.44. The highest BCUT2D eigenvalue weighted by molar-refractivity contribution is 5.99. The van der Waals surface area contributed by atoms with Gasteiger partial charge in [0.25, 0.3) is 5.91 Å². The fourth-order valence-corrected chi connectivity index (χ4v) is 4.76. The number of amides is 1. The van der Waals surface area contributed by atoms with Crippen LogP contribution in [-0.4, -0.2) is 29.0 Å². The second-order valence-electron chi connectivity index (χ2n) is 9.83. The Balaban J connectivity index is 1.27. The van der Waals surface area contributed by atoms with Crippen molar-refractivity contribution in [3.05, 3.63) is 101 Å². The van der Waals surface area contributed by atoms with Crippen LogP contribution in [-0.2, 0) is 12.7 Å². The van der Waals surface area contributed by atoms with Crippen LogP contribution in [0.15, 0.2) is 79.0 Å². The van der Waals surface area contributed by atoms with Crippen molar-refractivity contribution in [3.63, 3.8) is 0 Å². The maximum Gasteiger partial charge on any atom is 0.421 e. The van der Waals surface area contributed by atoms with Crippen molar-refractivity contribution in [1.29, 1.82) is 0 Å². The summed E-state index contributed by atoms with van der Waals surface area (Å²) in [6.45, 7) is 2.68. The Hall–Kier alpha value is -4.64. The van der Waals surface area contributed by atoms with Crippen LogP contribution < -0.4 is 27.0 Å². The first-order valence-electron chi connectivity index (χ1n) is 13.3. The summed E-state index contributed by atoms with van der Waals surface area (Å²) in [5, 5.41) is 12.5. The summed E-state index contributed by atoms with van der Waals surface area (Å²) < 4.78 is 41.1. The van der Waals surface area contributed by atoms with Gasteiger partial charge in [-0.2, -0.15) is 18.2 Å². The number of hydrogen-bond acceptors (Lipinski definition) is 7. The summed E-state index contributed by atoms with van der Waals surface area (Å²) in [5.74, 6) is -0.803. The Morgan fingerprint density at radius 3 is 2.54 bits per heavy atom. The Morgan fingerprint density at radius 1 is 1.00 bits per heavy atom. The predicted octanol–water partition coefficient (Wildman–Crippen LogP) is 6.16. The molecular formula is C30H30F3N7O. The minimum Gasteiger partial charge on any atom is -0.381 e. The number of rotatable bonds is 9. The van der Waals surface area contributed by atoms with Crippen LogP contribution in [0.25, 0.3) is 0 Å². The molecule has 212 valence electrons. The van der Waals surface area contributed by atoms with Crippen molar-refractivity contribution >= 4 is 34.7 Å². The molecule has 0 bridgehead atoms. The smallest absolute Gasteiger partial charge is 0.381 e. The van der Waals surface area contributed by atoms with E-state index in [0.717, 1.165) is 24.3 Å². The molecule has 1 unspecified atom stereocenters. The summed E-state index contributed by atoms with van der Waals surface area (Å²) >= 11 is 0. The predicted molar refractivity (Wildman–Crippen MR) is 154 cm³/mol. The van der Waals surface area contributed by atoms with E-state index < -0.39 is 23.5 Å². The number of carbonyl (C=O) groups excluding carboxylic acids is 1. The molecule has 0 aliphatic carbocycles. The first kappa shape index (κ1) is 27.9. The molecule has 1 amide bonds. The number of para-hydroxylation sites is 1. The van der Waals surface area contributed by atoms with Gasteiger partial charge in [-0.15, -0.1) is 0 Å². The lowest BCUT2D eigenvalue weighted by atomic mass is 9.91. The van der Waals surface area contributed by atoms with E-state index in [1.807, 2.05) is 18.2 Å².